The number of carbonyl (C=O) groups excluding carboxylic acids is 2. The van der Waals surface area contributed by atoms with Crippen molar-refractivity contribution in [1.82, 2.24) is 0 Å². The van der Waals surface area contributed by atoms with E-state index in [0.29, 0.717) is 28.6 Å². The van der Waals surface area contributed by atoms with Gasteiger partial charge in [0.1, 0.15) is 5.60 Å². The average molecular weight is 400 g/mol. The van der Waals surface area contributed by atoms with E-state index in [1.807, 2.05) is 26.0 Å². The van der Waals surface area contributed by atoms with Gasteiger partial charge in [-0.15, -0.1) is 0 Å². The number of para-hydroxylation sites is 1. The van der Waals surface area contributed by atoms with E-state index in [0.717, 1.165) is 12.0 Å². The van der Waals surface area contributed by atoms with Crippen molar-refractivity contribution in [3.8, 4) is 23.0 Å². The van der Waals surface area contributed by atoms with Crippen LogP contribution in [0.4, 0.5) is 0 Å². The summed E-state index contributed by atoms with van der Waals surface area (Å²) in [6.45, 7) is 3.27. The highest BCUT2D eigenvalue weighted by atomic mass is 16.6. The lowest BCUT2D eigenvalue weighted by Crippen LogP contribution is -2.25. The number of esters is 1. The van der Waals surface area contributed by atoms with Crippen LogP contribution in [0, 0.1) is 0 Å². The number of hydrogen-bond donors (Lipinski definition) is 0. The van der Waals surface area contributed by atoms with E-state index in [9.17, 15) is 9.59 Å². The number of fused-ring (bicyclic) bond motifs is 1. The molecule has 1 aliphatic rings. The Kier molecular flexibility index (Phi) is 5.96. The molecule has 29 heavy (non-hydrogen) atoms. The predicted molar refractivity (Wildman–Crippen MR) is 105 cm³/mol. The molecular weight excluding hydrogens is 376 g/mol. The second-order valence-corrected chi connectivity index (χ2v) is 7.23. The fraction of sp³-hybridized carbons (Fsp3) is 0.364. The summed E-state index contributed by atoms with van der Waals surface area (Å²) in [6, 6.07) is 10.3. The Labute approximate surface area is 169 Å². The summed E-state index contributed by atoms with van der Waals surface area (Å²) < 4.78 is 26.8. The molecule has 0 amide bonds. The summed E-state index contributed by atoms with van der Waals surface area (Å²) in [6.07, 6.45) is 0.768. The van der Waals surface area contributed by atoms with Crippen LogP contribution < -0.4 is 18.9 Å². The highest BCUT2D eigenvalue weighted by molar-refractivity contribution is 5.98. The number of rotatable bonds is 8. The fourth-order valence-electron chi connectivity index (χ4n) is 3.12. The molecule has 0 bridgehead atoms. The first kappa shape index (κ1) is 20.5. The molecule has 0 N–H and O–H groups in total. The molecule has 7 nitrogen and oxygen atoms in total. The Hall–Kier alpha value is -3.22. The second-order valence-electron chi connectivity index (χ2n) is 7.23. The van der Waals surface area contributed by atoms with Crippen molar-refractivity contribution < 1.29 is 33.3 Å². The molecule has 2 aromatic rings. The number of carbonyl (C=O) groups is 2. The number of benzene rings is 2. The third kappa shape index (κ3) is 4.80. The van der Waals surface area contributed by atoms with E-state index >= 15 is 0 Å². The Bertz CT molecular complexity index is 917. The molecule has 0 saturated carbocycles. The first-order valence-electron chi connectivity index (χ1n) is 9.17. The van der Waals surface area contributed by atoms with E-state index in [-0.39, 0.29) is 18.0 Å². The Balaban J connectivity index is 1.54. The minimum absolute atomic E-state index is 0.311. The highest BCUT2D eigenvalue weighted by Crippen LogP contribution is 2.41. The van der Waals surface area contributed by atoms with Crippen LogP contribution in [-0.2, 0) is 16.0 Å². The van der Waals surface area contributed by atoms with E-state index in [2.05, 4.69) is 0 Å². The van der Waals surface area contributed by atoms with Crippen molar-refractivity contribution in [2.75, 3.05) is 27.4 Å². The fourth-order valence-corrected chi connectivity index (χ4v) is 3.12. The van der Waals surface area contributed by atoms with Crippen molar-refractivity contribution in [1.29, 1.82) is 0 Å². The van der Waals surface area contributed by atoms with E-state index in [4.69, 9.17) is 23.7 Å². The lowest BCUT2D eigenvalue weighted by Gasteiger charge is -2.18. The van der Waals surface area contributed by atoms with Gasteiger partial charge in [-0.05, 0) is 38.1 Å². The van der Waals surface area contributed by atoms with Gasteiger partial charge in [0.2, 0.25) is 0 Å². The molecule has 0 aromatic heterocycles. The standard InChI is InChI=1S/C22H24O7/c1-22(2)11-15-6-5-7-18(21(15)29-22)27-13-20(24)28-12-16(23)14-8-9-17(25-3)19(10-14)26-4/h5-10H,11-13H2,1-4H3. The van der Waals surface area contributed by atoms with Crippen LogP contribution in [0.3, 0.4) is 0 Å². The van der Waals surface area contributed by atoms with Crippen molar-refractivity contribution in [2.45, 2.75) is 25.9 Å². The third-order valence-corrected chi connectivity index (χ3v) is 4.47. The zero-order valence-corrected chi connectivity index (χ0v) is 16.9. The van der Waals surface area contributed by atoms with E-state index < -0.39 is 12.6 Å². The van der Waals surface area contributed by atoms with Crippen molar-refractivity contribution in [3.63, 3.8) is 0 Å². The van der Waals surface area contributed by atoms with Gasteiger partial charge < -0.3 is 23.7 Å². The van der Waals surface area contributed by atoms with Crippen LogP contribution in [0.2, 0.25) is 0 Å². The molecule has 2 aromatic carbocycles. The van der Waals surface area contributed by atoms with Gasteiger partial charge >= 0.3 is 5.97 Å². The SMILES string of the molecule is COc1ccc(C(=O)COC(=O)COc2cccc3c2OC(C)(C)C3)cc1OC. The first-order valence-corrected chi connectivity index (χ1v) is 9.17. The molecule has 3 rings (SSSR count). The minimum atomic E-state index is -0.645. The minimum Gasteiger partial charge on any atom is -0.493 e. The molecule has 0 spiro atoms. The van der Waals surface area contributed by atoms with E-state index in [1.54, 1.807) is 18.2 Å². The predicted octanol–water partition coefficient (Wildman–Crippen LogP) is 3.22. The van der Waals surface area contributed by atoms with Crippen molar-refractivity contribution >= 4 is 11.8 Å². The number of ether oxygens (including phenoxy) is 5. The molecule has 154 valence electrons. The van der Waals surface area contributed by atoms with Crippen LogP contribution in [-0.4, -0.2) is 44.8 Å². The summed E-state index contributed by atoms with van der Waals surface area (Å²) in [4.78, 5) is 24.3. The maximum Gasteiger partial charge on any atom is 0.344 e. The monoisotopic (exact) mass is 400 g/mol. The van der Waals surface area contributed by atoms with Gasteiger partial charge in [0.25, 0.3) is 0 Å². The second kappa shape index (κ2) is 8.43. The highest BCUT2D eigenvalue weighted by Gasteiger charge is 2.32. The summed E-state index contributed by atoms with van der Waals surface area (Å²) in [7, 11) is 2.99. The normalized spacial score (nSPS) is 13.8. The molecule has 0 fully saturated rings. The lowest BCUT2D eigenvalue weighted by atomic mass is 10.0. The quantitative estimate of drug-likeness (QED) is 0.497. The number of methoxy groups -OCH3 is 2. The molecule has 0 radical (unpaired) electrons. The Morgan fingerprint density at radius 3 is 2.48 bits per heavy atom. The molecule has 7 heteroatoms. The Morgan fingerprint density at radius 2 is 1.76 bits per heavy atom. The average Bonchev–Trinajstić information content (AvgIpc) is 3.04. The van der Waals surface area contributed by atoms with Crippen LogP contribution in [0.15, 0.2) is 36.4 Å². The van der Waals surface area contributed by atoms with Gasteiger partial charge in [-0.3, -0.25) is 4.79 Å². The largest absolute Gasteiger partial charge is 0.493 e. The zero-order chi connectivity index (χ0) is 21.0. The first-order chi connectivity index (χ1) is 13.8. The van der Waals surface area contributed by atoms with Crippen molar-refractivity contribution in [3.05, 3.63) is 47.5 Å². The van der Waals surface area contributed by atoms with Gasteiger partial charge in [0.15, 0.2) is 42.0 Å². The van der Waals surface area contributed by atoms with Crippen LogP contribution in [0.1, 0.15) is 29.8 Å². The number of Topliss-reactive ketones (excluding diaryl/α,β-unsaturated/α-hetero) is 1. The smallest absolute Gasteiger partial charge is 0.344 e. The van der Waals surface area contributed by atoms with Gasteiger partial charge in [-0.2, -0.15) is 0 Å². The summed E-state index contributed by atoms with van der Waals surface area (Å²) >= 11 is 0. The molecule has 1 aliphatic heterocycles. The zero-order valence-electron chi connectivity index (χ0n) is 16.9. The summed E-state index contributed by atoms with van der Waals surface area (Å²) in [5.74, 6) is 1.06. The van der Waals surface area contributed by atoms with Gasteiger partial charge in [-0.25, -0.2) is 4.79 Å². The summed E-state index contributed by atoms with van der Waals surface area (Å²) in [5.41, 5.74) is 1.08. The van der Waals surface area contributed by atoms with Crippen LogP contribution in [0.5, 0.6) is 23.0 Å². The van der Waals surface area contributed by atoms with Gasteiger partial charge in [0.05, 0.1) is 14.2 Å². The third-order valence-electron chi connectivity index (χ3n) is 4.47. The maximum absolute atomic E-state index is 12.3. The molecule has 1 heterocycles. The molecule has 0 unspecified atom stereocenters. The lowest BCUT2D eigenvalue weighted by molar-refractivity contribution is -0.144. The summed E-state index contributed by atoms with van der Waals surface area (Å²) in [5, 5.41) is 0. The molecule has 0 atom stereocenters. The topological polar surface area (TPSA) is 80.3 Å². The number of hydrogen-bond acceptors (Lipinski definition) is 7. The van der Waals surface area contributed by atoms with Crippen LogP contribution >= 0.6 is 0 Å². The molecule has 0 saturated heterocycles. The van der Waals surface area contributed by atoms with Crippen molar-refractivity contribution in [2.24, 2.45) is 0 Å². The molecular formula is C22H24O7. The maximum atomic E-state index is 12.3. The molecule has 0 aliphatic carbocycles. The van der Waals surface area contributed by atoms with Gasteiger partial charge in [-0.1, -0.05) is 12.1 Å². The Morgan fingerprint density at radius 1 is 1.00 bits per heavy atom. The van der Waals surface area contributed by atoms with Crippen LogP contribution in [0.25, 0.3) is 0 Å². The van der Waals surface area contributed by atoms with E-state index in [1.165, 1.54) is 20.3 Å². The number of ketones is 1. The van der Waals surface area contributed by atoms with Gasteiger partial charge in [0, 0.05) is 17.5 Å².